The first-order valence-electron chi connectivity index (χ1n) is 12.5. The van der Waals surface area contributed by atoms with Crippen molar-refractivity contribution in [1.29, 1.82) is 0 Å². The summed E-state index contributed by atoms with van der Waals surface area (Å²) in [5.41, 5.74) is 0.0121. The van der Waals surface area contributed by atoms with Gasteiger partial charge in [0.05, 0.1) is 5.60 Å². The predicted octanol–water partition coefficient (Wildman–Crippen LogP) is 4.38. The second-order valence-electron chi connectivity index (χ2n) is 11.4. The molecule has 188 valence electrons. The lowest BCUT2D eigenvalue weighted by Gasteiger charge is -2.50. The maximum atomic E-state index is 13.7. The monoisotopic (exact) mass is 481 g/mol. The van der Waals surface area contributed by atoms with Gasteiger partial charge in [-0.25, -0.2) is 4.39 Å². The van der Waals surface area contributed by atoms with E-state index in [0.717, 1.165) is 18.4 Å². The van der Waals surface area contributed by atoms with Crippen molar-refractivity contribution in [1.82, 2.24) is 15.6 Å². The van der Waals surface area contributed by atoms with Crippen molar-refractivity contribution in [2.75, 3.05) is 0 Å². The quantitative estimate of drug-likeness (QED) is 0.547. The zero-order valence-electron chi connectivity index (χ0n) is 20.8. The van der Waals surface area contributed by atoms with E-state index in [0.29, 0.717) is 37.8 Å². The van der Waals surface area contributed by atoms with Crippen LogP contribution in [0.3, 0.4) is 0 Å². The molecule has 2 saturated carbocycles. The number of pyridine rings is 1. The number of nitrogens with zero attached hydrogens (tertiary/aromatic N) is 1. The molecule has 1 aromatic carbocycles. The number of carbonyl (C=O) groups excluding carboxylic acids is 2. The number of fused-ring (bicyclic) bond motifs is 1. The zero-order chi connectivity index (χ0) is 25.3. The molecular formula is C28H36FN3O3. The third-order valence-electron chi connectivity index (χ3n) is 8.26. The molecule has 6 nitrogen and oxygen atoms in total. The van der Waals surface area contributed by atoms with E-state index >= 15 is 0 Å². The Kier molecular flexibility index (Phi) is 7.00. The molecule has 2 aromatic rings. The molecule has 7 heteroatoms. The van der Waals surface area contributed by atoms with E-state index in [4.69, 9.17) is 0 Å². The van der Waals surface area contributed by atoms with Crippen molar-refractivity contribution in [2.24, 2.45) is 16.7 Å². The molecule has 35 heavy (non-hydrogen) atoms. The fourth-order valence-corrected chi connectivity index (χ4v) is 6.44. The molecule has 4 rings (SSSR count). The molecule has 2 aliphatic rings. The van der Waals surface area contributed by atoms with Crippen LogP contribution in [0.1, 0.15) is 75.2 Å². The number of hydrogen-bond donors (Lipinski definition) is 3. The van der Waals surface area contributed by atoms with Crippen LogP contribution in [-0.2, 0) is 11.3 Å². The smallest absolute Gasteiger partial charge is 0.251 e. The average molecular weight is 482 g/mol. The summed E-state index contributed by atoms with van der Waals surface area (Å²) in [7, 11) is 0. The lowest BCUT2D eigenvalue weighted by Crippen LogP contribution is -2.52. The van der Waals surface area contributed by atoms with Crippen LogP contribution in [0, 0.1) is 22.6 Å². The molecule has 0 radical (unpaired) electrons. The van der Waals surface area contributed by atoms with Crippen LogP contribution in [0.25, 0.3) is 0 Å². The highest BCUT2D eigenvalue weighted by molar-refractivity contribution is 5.94. The number of aromatic nitrogens is 1. The molecule has 2 amide bonds. The Morgan fingerprint density at radius 3 is 2.66 bits per heavy atom. The summed E-state index contributed by atoms with van der Waals surface area (Å²) in [6, 6.07) is 9.30. The van der Waals surface area contributed by atoms with E-state index in [1.54, 1.807) is 18.5 Å². The first kappa shape index (κ1) is 25.3. The number of halogens is 1. The van der Waals surface area contributed by atoms with Crippen molar-refractivity contribution in [3.8, 4) is 0 Å². The minimum Gasteiger partial charge on any atom is -0.390 e. The predicted molar refractivity (Wildman–Crippen MR) is 132 cm³/mol. The third kappa shape index (κ3) is 5.56. The highest BCUT2D eigenvalue weighted by Gasteiger charge is 2.61. The second-order valence-corrected chi connectivity index (χ2v) is 11.4. The van der Waals surface area contributed by atoms with Gasteiger partial charge in [-0.15, -0.1) is 0 Å². The Hall–Kier alpha value is -2.80. The molecule has 0 unspecified atom stereocenters. The van der Waals surface area contributed by atoms with Gasteiger partial charge in [0.2, 0.25) is 5.91 Å². The summed E-state index contributed by atoms with van der Waals surface area (Å²) in [5.74, 6) is -0.651. The number of aliphatic hydroxyl groups is 1. The van der Waals surface area contributed by atoms with E-state index in [1.165, 1.54) is 18.2 Å². The molecule has 1 heterocycles. The Bertz CT molecular complexity index is 1070. The molecule has 2 aliphatic carbocycles. The Morgan fingerprint density at radius 1 is 1.14 bits per heavy atom. The van der Waals surface area contributed by atoms with Gasteiger partial charge in [-0.3, -0.25) is 14.6 Å². The summed E-state index contributed by atoms with van der Waals surface area (Å²) in [6.45, 7) is 6.67. The van der Waals surface area contributed by atoms with Gasteiger partial charge in [-0.1, -0.05) is 26.0 Å². The van der Waals surface area contributed by atoms with Gasteiger partial charge < -0.3 is 15.7 Å². The fourth-order valence-electron chi connectivity index (χ4n) is 6.44. The highest BCUT2D eigenvalue weighted by atomic mass is 19.1. The molecule has 1 aromatic heterocycles. The molecule has 0 bridgehead atoms. The summed E-state index contributed by atoms with van der Waals surface area (Å²) in [4.78, 5) is 30.0. The first-order valence-corrected chi connectivity index (χ1v) is 12.5. The van der Waals surface area contributed by atoms with Gasteiger partial charge in [0, 0.05) is 37.0 Å². The Morgan fingerprint density at radius 2 is 1.94 bits per heavy atom. The number of hydrogen-bond acceptors (Lipinski definition) is 4. The summed E-state index contributed by atoms with van der Waals surface area (Å²) >= 11 is 0. The minimum atomic E-state index is -0.768. The highest BCUT2D eigenvalue weighted by Crippen LogP contribution is 2.63. The van der Waals surface area contributed by atoms with Gasteiger partial charge in [0.25, 0.3) is 5.91 Å². The van der Waals surface area contributed by atoms with Crippen LogP contribution >= 0.6 is 0 Å². The fraction of sp³-hybridized carbons (Fsp3) is 0.536. The van der Waals surface area contributed by atoms with Crippen molar-refractivity contribution >= 4 is 11.8 Å². The molecule has 4 atom stereocenters. The Labute approximate surface area is 206 Å². The molecule has 3 N–H and O–H groups in total. The van der Waals surface area contributed by atoms with Crippen LogP contribution in [0.5, 0.6) is 0 Å². The lowest BCUT2D eigenvalue weighted by atomic mass is 9.57. The van der Waals surface area contributed by atoms with Crippen LogP contribution in [0.15, 0.2) is 48.8 Å². The van der Waals surface area contributed by atoms with Crippen molar-refractivity contribution in [3.05, 3.63) is 65.7 Å². The third-order valence-corrected chi connectivity index (χ3v) is 8.26. The largest absolute Gasteiger partial charge is 0.390 e. The maximum absolute atomic E-state index is 13.7. The number of carbonyl (C=O) groups is 2. The van der Waals surface area contributed by atoms with Gasteiger partial charge in [-0.2, -0.15) is 0 Å². The Balaban J connectivity index is 1.53. The second kappa shape index (κ2) is 9.69. The number of benzene rings is 1. The van der Waals surface area contributed by atoms with E-state index in [-0.39, 0.29) is 34.6 Å². The van der Waals surface area contributed by atoms with Crippen LogP contribution in [0.2, 0.25) is 0 Å². The van der Waals surface area contributed by atoms with E-state index in [1.807, 2.05) is 19.1 Å². The van der Waals surface area contributed by atoms with Crippen molar-refractivity contribution < 1.29 is 19.1 Å². The van der Waals surface area contributed by atoms with E-state index in [9.17, 15) is 19.1 Å². The van der Waals surface area contributed by atoms with Gasteiger partial charge in [-0.05, 0) is 85.6 Å². The zero-order valence-corrected chi connectivity index (χ0v) is 20.8. The maximum Gasteiger partial charge on any atom is 0.251 e. The van der Waals surface area contributed by atoms with Crippen molar-refractivity contribution in [3.63, 3.8) is 0 Å². The topological polar surface area (TPSA) is 91.3 Å². The molecular weight excluding hydrogens is 445 g/mol. The van der Waals surface area contributed by atoms with Crippen LogP contribution in [0.4, 0.5) is 4.39 Å². The number of amides is 2. The van der Waals surface area contributed by atoms with E-state index < -0.39 is 11.4 Å². The standard InChI is InChI=1S/C28H36FN3O3/c1-26(2)16-23(32-25(34)20-7-4-8-21(29)14-20)28(12-11-27(3,35)15-22(26)28)10-9-24(33)31-18-19-6-5-13-30-17-19/h4-8,13-14,17,22-23,35H,9-12,15-16,18H2,1-3H3,(H,31,33)(H,32,34)/t22-,23-,27-,28-/m0/s1. The number of nitrogens with one attached hydrogen (secondary N) is 2. The molecule has 0 aliphatic heterocycles. The molecule has 0 saturated heterocycles. The minimum absolute atomic E-state index is 0.0424. The van der Waals surface area contributed by atoms with Gasteiger partial charge in [0.1, 0.15) is 5.82 Å². The van der Waals surface area contributed by atoms with Gasteiger partial charge in [0.15, 0.2) is 0 Å². The lowest BCUT2D eigenvalue weighted by molar-refractivity contribution is -0.123. The summed E-state index contributed by atoms with van der Waals surface area (Å²) < 4.78 is 13.7. The molecule has 2 fully saturated rings. The van der Waals surface area contributed by atoms with Gasteiger partial charge >= 0.3 is 0 Å². The van der Waals surface area contributed by atoms with E-state index in [2.05, 4.69) is 29.5 Å². The van der Waals surface area contributed by atoms with Crippen molar-refractivity contribution in [2.45, 2.75) is 77.5 Å². The average Bonchev–Trinajstić information content (AvgIpc) is 3.02. The summed E-state index contributed by atoms with van der Waals surface area (Å²) in [6.07, 6.45) is 7.08. The molecule has 0 spiro atoms. The normalized spacial score (nSPS) is 29.3. The van der Waals surface area contributed by atoms with Crippen LogP contribution < -0.4 is 10.6 Å². The first-order chi connectivity index (χ1) is 16.5. The number of rotatable bonds is 7. The summed E-state index contributed by atoms with van der Waals surface area (Å²) in [5, 5.41) is 17.1. The van der Waals surface area contributed by atoms with Crippen LogP contribution in [-0.4, -0.2) is 33.5 Å². The SMILES string of the molecule is CC1(C)C[C@H](NC(=O)c2cccc(F)c2)[C@@]2(CCC(=O)NCc3cccnc3)CC[C@](C)(O)C[C@@H]12.